The van der Waals surface area contributed by atoms with Gasteiger partial charge in [-0.05, 0) is 55.4 Å². The van der Waals surface area contributed by atoms with Crippen LogP contribution in [0.15, 0.2) is 54.6 Å². The Morgan fingerprint density at radius 3 is 2.47 bits per heavy atom. The zero-order valence-corrected chi connectivity index (χ0v) is 20.8. The van der Waals surface area contributed by atoms with E-state index in [0.29, 0.717) is 18.8 Å². The van der Waals surface area contributed by atoms with Crippen LogP contribution >= 0.6 is 0 Å². The lowest BCUT2D eigenvalue weighted by atomic mass is 10.1. The van der Waals surface area contributed by atoms with E-state index in [-0.39, 0.29) is 12.0 Å². The molecular formula is C28H37N3O3. The van der Waals surface area contributed by atoms with Gasteiger partial charge >= 0.3 is 0 Å². The van der Waals surface area contributed by atoms with Crippen molar-refractivity contribution in [1.82, 2.24) is 14.7 Å². The SMILES string of the molecule is CCc1nn(-c2ccccc2)c(Oc2cccc(OC)c2)c1CN(CC1CC1)CC(O)C(C)C. The molecule has 2 aromatic carbocycles. The number of aliphatic hydroxyl groups is 1. The standard InChI is InChI=1S/C28H37N3O3/c1-5-26-25(18-30(17-21-14-15-21)19-27(32)20(2)3)28(31(29-26)22-10-7-6-8-11-22)34-24-13-9-12-23(16-24)33-4/h6-13,16,20-21,27,32H,5,14-15,17-19H2,1-4H3. The lowest BCUT2D eigenvalue weighted by Gasteiger charge is -2.27. The number of ether oxygens (including phenoxy) is 2. The maximum Gasteiger partial charge on any atom is 0.227 e. The molecule has 1 saturated carbocycles. The Bertz CT molecular complexity index is 1060. The predicted molar refractivity (Wildman–Crippen MR) is 135 cm³/mol. The van der Waals surface area contributed by atoms with Crippen LogP contribution in [0.3, 0.4) is 0 Å². The van der Waals surface area contributed by atoms with Gasteiger partial charge in [-0.25, -0.2) is 4.68 Å². The van der Waals surface area contributed by atoms with Crippen molar-refractivity contribution in [3.8, 4) is 23.1 Å². The van der Waals surface area contributed by atoms with Crippen LogP contribution in [0.5, 0.6) is 17.4 Å². The number of hydrogen-bond donors (Lipinski definition) is 1. The van der Waals surface area contributed by atoms with Crippen LogP contribution in [0, 0.1) is 11.8 Å². The smallest absolute Gasteiger partial charge is 0.227 e. The van der Waals surface area contributed by atoms with E-state index in [0.717, 1.165) is 47.5 Å². The number of methoxy groups -OCH3 is 1. The molecule has 1 unspecified atom stereocenters. The van der Waals surface area contributed by atoms with E-state index >= 15 is 0 Å². The molecule has 0 spiro atoms. The second-order valence-corrected chi connectivity index (χ2v) is 9.56. The molecule has 3 aromatic rings. The molecule has 0 amide bonds. The van der Waals surface area contributed by atoms with Crippen molar-refractivity contribution in [2.24, 2.45) is 11.8 Å². The van der Waals surface area contributed by atoms with Crippen molar-refractivity contribution in [3.63, 3.8) is 0 Å². The summed E-state index contributed by atoms with van der Waals surface area (Å²) in [6.45, 7) is 8.60. The fraction of sp³-hybridized carbons (Fsp3) is 0.464. The number of rotatable bonds is 12. The summed E-state index contributed by atoms with van der Waals surface area (Å²) in [5.74, 6) is 3.10. The second kappa shape index (κ2) is 11.1. The average molecular weight is 464 g/mol. The van der Waals surface area contributed by atoms with Crippen molar-refractivity contribution in [2.75, 3.05) is 20.2 Å². The minimum Gasteiger partial charge on any atom is -0.497 e. The molecule has 0 saturated heterocycles. The molecule has 1 fully saturated rings. The first-order valence-corrected chi connectivity index (χ1v) is 12.4. The first kappa shape index (κ1) is 24.3. The fourth-order valence-electron chi connectivity index (χ4n) is 4.11. The van der Waals surface area contributed by atoms with Gasteiger partial charge in [-0.15, -0.1) is 0 Å². The Kier molecular flexibility index (Phi) is 7.91. The minimum atomic E-state index is -0.365. The molecule has 0 radical (unpaired) electrons. The number of aromatic nitrogens is 2. The van der Waals surface area contributed by atoms with Gasteiger partial charge in [-0.3, -0.25) is 4.90 Å². The van der Waals surface area contributed by atoms with Crippen molar-refractivity contribution in [1.29, 1.82) is 0 Å². The molecule has 1 aliphatic rings. The van der Waals surface area contributed by atoms with Crippen LogP contribution in [-0.2, 0) is 13.0 Å². The van der Waals surface area contributed by atoms with Crippen molar-refractivity contribution >= 4 is 0 Å². The highest BCUT2D eigenvalue weighted by Gasteiger charge is 2.29. The summed E-state index contributed by atoms with van der Waals surface area (Å²) >= 11 is 0. The lowest BCUT2D eigenvalue weighted by Crippen LogP contribution is -2.36. The predicted octanol–water partition coefficient (Wildman–Crippen LogP) is 5.46. The van der Waals surface area contributed by atoms with Crippen LogP contribution in [0.4, 0.5) is 0 Å². The topological polar surface area (TPSA) is 59.8 Å². The Morgan fingerprint density at radius 2 is 1.82 bits per heavy atom. The van der Waals surface area contributed by atoms with E-state index in [1.165, 1.54) is 12.8 Å². The summed E-state index contributed by atoms with van der Waals surface area (Å²) in [6, 6.07) is 17.8. The molecule has 1 aliphatic carbocycles. The number of para-hydroxylation sites is 1. The van der Waals surface area contributed by atoms with E-state index in [1.54, 1.807) is 7.11 Å². The third kappa shape index (κ3) is 5.99. The monoisotopic (exact) mass is 463 g/mol. The highest BCUT2D eigenvalue weighted by molar-refractivity contribution is 5.44. The summed E-state index contributed by atoms with van der Waals surface area (Å²) in [4.78, 5) is 2.38. The number of benzene rings is 2. The van der Waals surface area contributed by atoms with Gasteiger partial charge in [0.25, 0.3) is 0 Å². The van der Waals surface area contributed by atoms with Gasteiger partial charge in [0.2, 0.25) is 5.88 Å². The van der Waals surface area contributed by atoms with E-state index in [1.807, 2.05) is 59.3 Å². The Labute approximate surface area is 203 Å². The molecule has 6 nitrogen and oxygen atoms in total. The van der Waals surface area contributed by atoms with Crippen LogP contribution < -0.4 is 9.47 Å². The summed E-state index contributed by atoms with van der Waals surface area (Å²) in [5, 5.41) is 15.6. The van der Waals surface area contributed by atoms with Gasteiger partial charge in [0.15, 0.2) is 0 Å². The van der Waals surface area contributed by atoms with Crippen LogP contribution in [0.1, 0.15) is 44.9 Å². The molecule has 1 N–H and O–H groups in total. The fourth-order valence-corrected chi connectivity index (χ4v) is 4.11. The molecular weight excluding hydrogens is 426 g/mol. The Morgan fingerprint density at radius 1 is 1.09 bits per heavy atom. The summed E-state index contributed by atoms with van der Waals surface area (Å²) in [6.07, 6.45) is 2.97. The molecule has 4 rings (SSSR count). The molecule has 6 heteroatoms. The number of nitrogens with zero attached hydrogens (tertiary/aromatic N) is 3. The van der Waals surface area contributed by atoms with Crippen LogP contribution in [0.25, 0.3) is 5.69 Å². The van der Waals surface area contributed by atoms with Gasteiger partial charge in [0.1, 0.15) is 11.5 Å². The van der Waals surface area contributed by atoms with E-state index in [9.17, 15) is 5.11 Å². The zero-order valence-electron chi connectivity index (χ0n) is 20.8. The normalized spacial score (nSPS) is 14.6. The van der Waals surface area contributed by atoms with Crippen LogP contribution in [-0.4, -0.2) is 46.1 Å². The maximum atomic E-state index is 10.7. The molecule has 34 heavy (non-hydrogen) atoms. The van der Waals surface area contributed by atoms with Crippen LogP contribution in [0.2, 0.25) is 0 Å². The highest BCUT2D eigenvalue weighted by Crippen LogP contribution is 2.35. The quantitative estimate of drug-likeness (QED) is 0.386. The number of aryl methyl sites for hydroxylation is 1. The first-order chi connectivity index (χ1) is 16.5. The average Bonchev–Trinajstić information content (AvgIpc) is 3.60. The van der Waals surface area contributed by atoms with Gasteiger partial charge in [-0.2, -0.15) is 5.10 Å². The van der Waals surface area contributed by atoms with Gasteiger partial charge in [0, 0.05) is 25.7 Å². The third-order valence-corrected chi connectivity index (χ3v) is 6.42. The number of hydrogen-bond acceptors (Lipinski definition) is 5. The Balaban J connectivity index is 1.73. The summed E-state index contributed by atoms with van der Waals surface area (Å²) in [5.41, 5.74) is 3.05. The lowest BCUT2D eigenvalue weighted by molar-refractivity contribution is 0.0707. The highest BCUT2D eigenvalue weighted by atomic mass is 16.5. The van der Waals surface area contributed by atoms with E-state index in [4.69, 9.17) is 14.6 Å². The molecule has 1 atom stereocenters. The molecule has 182 valence electrons. The minimum absolute atomic E-state index is 0.215. The molecule has 1 aromatic heterocycles. The zero-order chi connectivity index (χ0) is 24.1. The first-order valence-electron chi connectivity index (χ1n) is 12.4. The second-order valence-electron chi connectivity index (χ2n) is 9.56. The summed E-state index contributed by atoms with van der Waals surface area (Å²) < 4.78 is 13.8. The van der Waals surface area contributed by atoms with Crippen molar-refractivity contribution in [3.05, 3.63) is 65.9 Å². The largest absolute Gasteiger partial charge is 0.497 e. The van der Waals surface area contributed by atoms with Gasteiger partial charge in [-0.1, -0.05) is 45.0 Å². The summed E-state index contributed by atoms with van der Waals surface area (Å²) in [7, 11) is 1.66. The van der Waals surface area contributed by atoms with E-state index in [2.05, 4.69) is 25.7 Å². The van der Waals surface area contributed by atoms with Crippen molar-refractivity contribution < 1.29 is 14.6 Å². The molecule has 0 bridgehead atoms. The van der Waals surface area contributed by atoms with Gasteiger partial charge in [0.05, 0.1) is 30.2 Å². The third-order valence-electron chi connectivity index (χ3n) is 6.42. The van der Waals surface area contributed by atoms with Crippen molar-refractivity contribution in [2.45, 2.75) is 52.7 Å². The van der Waals surface area contributed by atoms with Gasteiger partial charge < -0.3 is 14.6 Å². The Hall–Kier alpha value is -2.83. The maximum absolute atomic E-state index is 10.7. The van der Waals surface area contributed by atoms with E-state index < -0.39 is 0 Å². The number of aliphatic hydroxyl groups excluding tert-OH is 1. The molecule has 1 heterocycles. The molecule has 0 aliphatic heterocycles.